The van der Waals surface area contributed by atoms with Crippen LogP contribution in [0.4, 0.5) is 0 Å². The number of hydrogen-bond acceptors (Lipinski definition) is 6. The Morgan fingerprint density at radius 2 is 1.71 bits per heavy atom. The van der Waals surface area contributed by atoms with Crippen LogP contribution < -0.4 is 9.47 Å². The van der Waals surface area contributed by atoms with Crippen LogP contribution in [0.1, 0.15) is 22.8 Å². The summed E-state index contributed by atoms with van der Waals surface area (Å²) in [5.41, 5.74) is 2.46. The van der Waals surface area contributed by atoms with Gasteiger partial charge in [0.1, 0.15) is 12.4 Å². The molecule has 7 nitrogen and oxygen atoms in total. The van der Waals surface area contributed by atoms with E-state index in [2.05, 4.69) is 17.0 Å². The maximum atomic E-state index is 13.0. The van der Waals surface area contributed by atoms with Crippen molar-refractivity contribution in [2.75, 3.05) is 27.4 Å². The van der Waals surface area contributed by atoms with Crippen molar-refractivity contribution in [1.82, 2.24) is 14.8 Å². The molecule has 0 amide bonds. The molecule has 146 valence electrons. The van der Waals surface area contributed by atoms with Crippen molar-refractivity contribution in [3.8, 4) is 23.1 Å². The van der Waals surface area contributed by atoms with E-state index >= 15 is 0 Å². The SMILES string of the molecule is CCc1ccc(-c2nc(OCCOC)nn2C(=O)c2ccc(OC)cc2)cc1. The maximum absolute atomic E-state index is 13.0. The highest BCUT2D eigenvalue weighted by Crippen LogP contribution is 2.22. The van der Waals surface area contributed by atoms with Gasteiger partial charge in [-0.1, -0.05) is 31.2 Å². The predicted molar refractivity (Wildman–Crippen MR) is 105 cm³/mol. The lowest BCUT2D eigenvalue weighted by Crippen LogP contribution is -2.15. The summed E-state index contributed by atoms with van der Waals surface area (Å²) >= 11 is 0. The molecule has 3 rings (SSSR count). The van der Waals surface area contributed by atoms with Crippen molar-refractivity contribution in [2.24, 2.45) is 0 Å². The summed E-state index contributed by atoms with van der Waals surface area (Å²) in [6.45, 7) is 2.79. The molecular weight excluding hydrogens is 358 g/mol. The number of aryl methyl sites for hydroxylation is 1. The molecule has 0 spiro atoms. The van der Waals surface area contributed by atoms with Gasteiger partial charge in [-0.25, -0.2) is 0 Å². The number of rotatable bonds is 8. The highest BCUT2D eigenvalue weighted by Gasteiger charge is 2.20. The fourth-order valence-electron chi connectivity index (χ4n) is 2.64. The molecule has 0 aliphatic heterocycles. The van der Waals surface area contributed by atoms with Gasteiger partial charge in [0.05, 0.1) is 13.7 Å². The van der Waals surface area contributed by atoms with Gasteiger partial charge in [-0.15, -0.1) is 5.10 Å². The number of benzene rings is 2. The lowest BCUT2D eigenvalue weighted by atomic mass is 10.1. The molecule has 0 bridgehead atoms. The van der Waals surface area contributed by atoms with Crippen molar-refractivity contribution in [2.45, 2.75) is 13.3 Å². The Bertz CT molecular complexity index is 918. The van der Waals surface area contributed by atoms with E-state index in [1.165, 1.54) is 10.2 Å². The zero-order valence-corrected chi connectivity index (χ0v) is 16.2. The molecule has 3 aromatic rings. The van der Waals surface area contributed by atoms with Gasteiger partial charge in [-0.3, -0.25) is 4.79 Å². The lowest BCUT2D eigenvalue weighted by Gasteiger charge is -2.06. The number of carbonyl (C=O) groups excluding carboxylic acids is 1. The number of nitrogens with zero attached hydrogens (tertiary/aromatic N) is 3. The molecule has 0 radical (unpaired) electrons. The molecule has 0 aliphatic rings. The van der Waals surface area contributed by atoms with Crippen LogP contribution in [0.25, 0.3) is 11.4 Å². The topological polar surface area (TPSA) is 75.5 Å². The Morgan fingerprint density at radius 1 is 1.00 bits per heavy atom. The Labute approximate surface area is 163 Å². The second-order valence-electron chi connectivity index (χ2n) is 6.06. The average Bonchev–Trinajstić information content (AvgIpc) is 3.17. The third-order valence-corrected chi connectivity index (χ3v) is 4.26. The largest absolute Gasteiger partial charge is 0.497 e. The van der Waals surface area contributed by atoms with Crippen LogP contribution in [0.5, 0.6) is 11.8 Å². The van der Waals surface area contributed by atoms with E-state index in [4.69, 9.17) is 14.2 Å². The van der Waals surface area contributed by atoms with Gasteiger partial charge in [0.15, 0.2) is 5.82 Å². The molecule has 1 aromatic heterocycles. The van der Waals surface area contributed by atoms with Gasteiger partial charge < -0.3 is 14.2 Å². The fourth-order valence-corrected chi connectivity index (χ4v) is 2.64. The van der Waals surface area contributed by atoms with E-state index in [0.29, 0.717) is 30.4 Å². The predicted octanol–water partition coefficient (Wildman–Crippen LogP) is 3.23. The van der Waals surface area contributed by atoms with Crippen molar-refractivity contribution < 1.29 is 19.0 Å². The normalized spacial score (nSPS) is 10.7. The van der Waals surface area contributed by atoms with Crippen molar-refractivity contribution in [3.63, 3.8) is 0 Å². The van der Waals surface area contributed by atoms with Gasteiger partial charge >= 0.3 is 6.01 Å². The van der Waals surface area contributed by atoms with E-state index in [-0.39, 0.29) is 11.9 Å². The Hall–Kier alpha value is -3.19. The first kappa shape index (κ1) is 19.6. The summed E-state index contributed by atoms with van der Waals surface area (Å²) in [4.78, 5) is 17.5. The minimum Gasteiger partial charge on any atom is -0.497 e. The molecule has 1 heterocycles. The van der Waals surface area contributed by atoms with Gasteiger partial charge in [0, 0.05) is 18.2 Å². The van der Waals surface area contributed by atoms with Crippen molar-refractivity contribution in [1.29, 1.82) is 0 Å². The van der Waals surface area contributed by atoms with E-state index in [1.807, 2.05) is 24.3 Å². The Kier molecular flexibility index (Phi) is 6.39. The van der Waals surface area contributed by atoms with E-state index in [0.717, 1.165) is 12.0 Å². The monoisotopic (exact) mass is 381 g/mol. The summed E-state index contributed by atoms with van der Waals surface area (Å²) in [6, 6.07) is 14.9. The summed E-state index contributed by atoms with van der Waals surface area (Å²) in [6.07, 6.45) is 0.934. The third-order valence-electron chi connectivity index (χ3n) is 4.26. The molecule has 0 atom stereocenters. The number of aromatic nitrogens is 3. The van der Waals surface area contributed by atoms with Crippen LogP contribution in [0.2, 0.25) is 0 Å². The van der Waals surface area contributed by atoms with Crippen LogP contribution in [0, 0.1) is 0 Å². The van der Waals surface area contributed by atoms with E-state index in [9.17, 15) is 4.79 Å². The molecule has 0 aliphatic carbocycles. The highest BCUT2D eigenvalue weighted by molar-refractivity contribution is 5.97. The highest BCUT2D eigenvalue weighted by atomic mass is 16.5. The smallest absolute Gasteiger partial charge is 0.336 e. The van der Waals surface area contributed by atoms with Gasteiger partial charge in [-0.2, -0.15) is 9.67 Å². The second kappa shape index (κ2) is 9.14. The summed E-state index contributed by atoms with van der Waals surface area (Å²) in [7, 11) is 3.17. The molecule has 0 unspecified atom stereocenters. The molecule has 0 saturated carbocycles. The number of ether oxygens (including phenoxy) is 3. The van der Waals surface area contributed by atoms with E-state index < -0.39 is 0 Å². The molecule has 0 N–H and O–H groups in total. The van der Waals surface area contributed by atoms with Crippen LogP contribution in [0.3, 0.4) is 0 Å². The number of carbonyl (C=O) groups is 1. The van der Waals surface area contributed by atoms with E-state index in [1.54, 1.807) is 38.5 Å². The van der Waals surface area contributed by atoms with Crippen molar-refractivity contribution in [3.05, 3.63) is 59.7 Å². The van der Waals surface area contributed by atoms with Gasteiger partial charge in [0.2, 0.25) is 0 Å². The van der Waals surface area contributed by atoms with Crippen LogP contribution in [-0.2, 0) is 11.2 Å². The van der Waals surface area contributed by atoms with Gasteiger partial charge in [0.25, 0.3) is 5.91 Å². The Balaban J connectivity index is 1.97. The minimum absolute atomic E-state index is 0.133. The number of methoxy groups -OCH3 is 2. The van der Waals surface area contributed by atoms with Crippen molar-refractivity contribution >= 4 is 5.91 Å². The van der Waals surface area contributed by atoms with Crippen LogP contribution in [-0.4, -0.2) is 48.1 Å². The number of hydrogen-bond donors (Lipinski definition) is 0. The molecular formula is C21H23N3O4. The average molecular weight is 381 g/mol. The summed E-state index contributed by atoms with van der Waals surface area (Å²) < 4.78 is 16.9. The maximum Gasteiger partial charge on any atom is 0.336 e. The minimum atomic E-state index is -0.300. The first-order valence-electron chi connectivity index (χ1n) is 9.03. The fraction of sp³-hybridized carbons (Fsp3) is 0.286. The van der Waals surface area contributed by atoms with Crippen LogP contribution >= 0.6 is 0 Å². The Morgan fingerprint density at radius 3 is 2.32 bits per heavy atom. The molecule has 7 heteroatoms. The standard InChI is InChI=1S/C21H23N3O4/c1-4-15-5-7-16(8-6-15)19-22-21(28-14-13-26-2)23-24(19)20(25)17-9-11-18(27-3)12-10-17/h5-12H,4,13-14H2,1-3H3. The summed E-state index contributed by atoms with van der Waals surface area (Å²) in [5.74, 6) is 0.802. The first-order valence-corrected chi connectivity index (χ1v) is 9.03. The third kappa shape index (κ3) is 4.37. The zero-order valence-electron chi connectivity index (χ0n) is 16.2. The first-order chi connectivity index (χ1) is 13.7. The molecule has 0 fully saturated rings. The summed E-state index contributed by atoms with van der Waals surface area (Å²) in [5, 5.41) is 4.27. The quantitative estimate of drug-likeness (QED) is 0.558. The van der Waals surface area contributed by atoms with Gasteiger partial charge in [-0.05, 0) is 36.2 Å². The second-order valence-corrected chi connectivity index (χ2v) is 6.06. The zero-order chi connectivity index (χ0) is 19.9. The lowest BCUT2D eigenvalue weighted by molar-refractivity contribution is 0.0943. The van der Waals surface area contributed by atoms with Crippen LogP contribution in [0.15, 0.2) is 48.5 Å². The molecule has 28 heavy (non-hydrogen) atoms. The molecule has 0 saturated heterocycles. The molecule has 2 aromatic carbocycles.